The summed E-state index contributed by atoms with van der Waals surface area (Å²) in [5.41, 5.74) is 6.51. The monoisotopic (exact) mass is 362 g/mol. The van der Waals surface area contributed by atoms with Crippen molar-refractivity contribution in [1.29, 1.82) is 5.26 Å². The molecule has 11 heteroatoms. The summed E-state index contributed by atoms with van der Waals surface area (Å²) in [7, 11) is -1.56. The predicted molar refractivity (Wildman–Crippen MR) is 91.8 cm³/mol. The van der Waals surface area contributed by atoms with Crippen LogP contribution in [0.2, 0.25) is 0 Å². The lowest BCUT2D eigenvalue weighted by atomic mass is 9.89. The molecule has 3 heterocycles. The molecule has 3 rings (SSSR count). The third-order valence-electron chi connectivity index (χ3n) is 4.25. The Kier molecular flexibility index (Phi) is 4.09. The number of nitrogens with two attached hydrogens (primary N) is 1. The van der Waals surface area contributed by atoms with Crippen LogP contribution in [0.25, 0.3) is 11.3 Å². The number of nitrogens with one attached hydrogen (secondary N) is 1. The second kappa shape index (κ2) is 5.98. The van der Waals surface area contributed by atoms with Gasteiger partial charge in [0.1, 0.15) is 17.7 Å². The van der Waals surface area contributed by atoms with Gasteiger partial charge in [-0.05, 0) is 0 Å². The molecule has 1 aliphatic rings. The van der Waals surface area contributed by atoms with Crippen LogP contribution in [0, 0.1) is 11.3 Å². The van der Waals surface area contributed by atoms with Crippen LogP contribution in [0.5, 0.6) is 0 Å². The number of hydrogen-bond donors (Lipinski definition) is 2. The highest BCUT2D eigenvalue weighted by Gasteiger charge is 2.49. The van der Waals surface area contributed by atoms with Crippen LogP contribution in [0.1, 0.15) is 6.42 Å². The predicted octanol–water partition coefficient (Wildman–Crippen LogP) is -0.152. The minimum Gasteiger partial charge on any atom is -0.382 e. The van der Waals surface area contributed by atoms with Crippen molar-refractivity contribution in [2.75, 3.05) is 37.4 Å². The van der Waals surface area contributed by atoms with E-state index in [1.54, 1.807) is 24.0 Å². The van der Waals surface area contributed by atoms with Gasteiger partial charge in [-0.15, -0.1) is 0 Å². The lowest BCUT2D eigenvalue weighted by molar-refractivity contribution is 0.0727. The number of nitrogens with zero attached hydrogens (tertiary/aromatic N) is 6. The van der Waals surface area contributed by atoms with Gasteiger partial charge in [-0.3, -0.25) is 4.68 Å². The molecule has 0 spiro atoms. The van der Waals surface area contributed by atoms with Crippen molar-refractivity contribution < 1.29 is 8.42 Å². The lowest BCUT2D eigenvalue weighted by Crippen LogP contribution is -2.63. The van der Waals surface area contributed by atoms with Crippen LogP contribution in [0.3, 0.4) is 0 Å². The van der Waals surface area contributed by atoms with Gasteiger partial charge in [0.15, 0.2) is 5.82 Å². The Bertz CT molecular complexity index is 940. The van der Waals surface area contributed by atoms with E-state index in [1.165, 1.54) is 10.6 Å². The summed E-state index contributed by atoms with van der Waals surface area (Å²) in [6, 6.07) is 3.84. The largest absolute Gasteiger partial charge is 0.382 e. The summed E-state index contributed by atoms with van der Waals surface area (Å²) in [5.74, 6) is 0.895. The van der Waals surface area contributed by atoms with Crippen molar-refractivity contribution in [2.45, 2.75) is 12.0 Å². The summed E-state index contributed by atoms with van der Waals surface area (Å²) < 4.78 is 26.2. The molecule has 0 aromatic carbocycles. The molecule has 10 nitrogen and oxygen atoms in total. The average Bonchev–Trinajstić information content (AvgIpc) is 2.91. The fourth-order valence-electron chi connectivity index (χ4n) is 2.80. The Morgan fingerprint density at radius 2 is 2.16 bits per heavy atom. The standard InChI is InChI=1S/C14H18N8O2S/c1-17-12-5-11(18-9-19-12)10-6-22(20-13(10)16)14(3-4-15)7-21(8-14)25(2,23)24/h5-6,9H,3,7-8H2,1-2H3,(H2,16,20)(H,17,18,19). The number of aromatic nitrogens is 4. The van der Waals surface area contributed by atoms with Gasteiger partial charge in [0.05, 0.1) is 30.0 Å². The number of rotatable bonds is 5. The molecule has 0 amide bonds. The van der Waals surface area contributed by atoms with Gasteiger partial charge in [0.2, 0.25) is 10.0 Å². The molecule has 25 heavy (non-hydrogen) atoms. The Balaban J connectivity index is 1.97. The maximum Gasteiger partial charge on any atom is 0.211 e. The molecular weight excluding hydrogens is 344 g/mol. The van der Waals surface area contributed by atoms with Crippen molar-refractivity contribution in [2.24, 2.45) is 0 Å². The molecule has 0 bridgehead atoms. The maximum atomic E-state index is 11.7. The van der Waals surface area contributed by atoms with Crippen LogP contribution in [-0.2, 0) is 15.6 Å². The first-order chi connectivity index (χ1) is 11.8. The Morgan fingerprint density at radius 3 is 2.76 bits per heavy atom. The molecule has 3 N–H and O–H groups in total. The van der Waals surface area contributed by atoms with Crippen molar-refractivity contribution in [3.05, 3.63) is 18.6 Å². The highest BCUT2D eigenvalue weighted by atomic mass is 32.2. The molecule has 1 saturated heterocycles. The molecule has 0 radical (unpaired) electrons. The van der Waals surface area contributed by atoms with E-state index in [-0.39, 0.29) is 25.3 Å². The van der Waals surface area contributed by atoms with Gasteiger partial charge in [-0.25, -0.2) is 18.4 Å². The molecule has 1 fully saturated rings. The molecule has 132 valence electrons. The van der Waals surface area contributed by atoms with Crippen LogP contribution >= 0.6 is 0 Å². The summed E-state index contributed by atoms with van der Waals surface area (Å²) in [6.07, 6.45) is 4.39. The van der Waals surface area contributed by atoms with Gasteiger partial charge in [-0.1, -0.05) is 0 Å². The summed E-state index contributed by atoms with van der Waals surface area (Å²) in [6.45, 7) is 0.372. The fourth-order valence-corrected chi connectivity index (χ4v) is 3.75. The van der Waals surface area contributed by atoms with Crippen molar-refractivity contribution in [1.82, 2.24) is 24.1 Å². The third kappa shape index (κ3) is 3.01. The molecule has 1 aliphatic heterocycles. The fraction of sp³-hybridized carbons (Fsp3) is 0.429. The van der Waals surface area contributed by atoms with Crippen molar-refractivity contribution in [3.63, 3.8) is 0 Å². The van der Waals surface area contributed by atoms with E-state index < -0.39 is 15.6 Å². The highest BCUT2D eigenvalue weighted by Crippen LogP contribution is 2.36. The van der Waals surface area contributed by atoms with Gasteiger partial charge in [0, 0.05) is 32.4 Å². The van der Waals surface area contributed by atoms with Gasteiger partial charge >= 0.3 is 0 Å². The molecule has 0 atom stereocenters. The van der Waals surface area contributed by atoms with Crippen molar-refractivity contribution >= 4 is 21.7 Å². The van der Waals surface area contributed by atoms with E-state index in [0.717, 1.165) is 6.26 Å². The normalized spacial score (nSPS) is 16.8. The Morgan fingerprint density at radius 1 is 1.44 bits per heavy atom. The van der Waals surface area contributed by atoms with Crippen LogP contribution in [0.15, 0.2) is 18.6 Å². The minimum absolute atomic E-state index is 0.130. The maximum absolute atomic E-state index is 11.7. The van der Waals surface area contributed by atoms with E-state index in [4.69, 9.17) is 11.0 Å². The number of nitriles is 1. The van der Waals surface area contributed by atoms with E-state index in [9.17, 15) is 8.42 Å². The molecule has 0 aliphatic carbocycles. The van der Waals surface area contributed by atoms with E-state index >= 15 is 0 Å². The highest BCUT2D eigenvalue weighted by molar-refractivity contribution is 7.88. The molecule has 0 saturated carbocycles. The number of sulfonamides is 1. The number of anilines is 2. The minimum atomic E-state index is -3.31. The average molecular weight is 362 g/mol. The van der Waals surface area contributed by atoms with Crippen LogP contribution in [-0.4, -0.2) is 58.9 Å². The number of hydrogen-bond acceptors (Lipinski definition) is 8. The molecule has 2 aromatic rings. The zero-order chi connectivity index (χ0) is 18.2. The lowest BCUT2D eigenvalue weighted by Gasteiger charge is -2.47. The first-order valence-electron chi connectivity index (χ1n) is 7.47. The third-order valence-corrected chi connectivity index (χ3v) is 5.44. The van der Waals surface area contributed by atoms with Crippen LogP contribution in [0.4, 0.5) is 11.6 Å². The summed E-state index contributed by atoms with van der Waals surface area (Å²) in [4.78, 5) is 8.26. The van der Waals surface area contributed by atoms with Crippen molar-refractivity contribution in [3.8, 4) is 17.3 Å². The molecule has 0 unspecified atom stereocenters. The molecular formula is C14H18N8O2S. The second-order valence-corrected chi connectivity index (χ2v) is 7.98. The second-order valence-electron chi connectivity index (χ2n) is 6.00. The molecule has 2 aromatic heterocycles. The first-order valence-corrected chi connectivity index (χ1v) is 9.32. The quantitative estimate of drug-likeness (QED) is 0.747. The van der Waals surface area contributed by atoms with Gasteiger partial charge in [0.25, 0.3) is 0 Å². The zero-order valence-corrected chi connectivity index (χ0v) is 14.7. The first kappa shape index (κ1) is 17.1. The summed E-state index contributed by atoms with van der Waals surface area (Å²) >= 11 is 0. The van der Waals surface area contributed by atoms with Crippen LogP contribution < -0.4 is 11.1 Å². The Labute approximate surface area is 145 Å². The SMILES string of the molecule is CNc1cc(-c2cn(C3(CC#N)CN(S(C)(=O)=O)C3)nc2N)ncn1. The van der Waals surface area contributed by atoms with E-state index in [1.807, 2.05) is 0 Å². The topological polar surface area (TPSA) is 143 Å². The van der Waals surface area contributed by atoms with Gasteiger partial charge < -0.3 is 11.1 Å². The van der Waals surface area contributed by atoms with E-state index in [2.05, 4.69) is 26.5 Å². The van der Waals surface area contributed by atoms with Gasteiger partial charge in [-0.2, -0.15) is 14.7 Å². The Hall–Kier alpha value is -2.71. The number of nitrogen functional groups attached to an aromatic ring is 1. The summed E-state index contributed by atoms with van der Waals surface area (Å²) in [5, 5.41) is 16.4. The van der Waals surface area contributed by atoms with E-state index in [0.29, 0.717) is 17.1 Å². The zero-order valence-electron chi connectivity index (χ0n) is 13.8. The smallest absolute Gasteiger partial charge is 0.211 e.